The van der Waals surface area contributed by atoms with Crippen LogP contribution >= 0.6 is 0 Å². The van der Waals surface area contributed by atoms with E-state index >= 15 is 0 Å². The van der Waals surface area contributed by atoms with Gasteiger partial charge in [-0.05, 0) is 42.7 Å². The third kappa shape index (κ3) is 3.52. The zero-order valence-electron chi connectivity index (χ0n) is 17.3. The van der Waals surface area contributed by atoms with Crippen molar-refractivity contribution >= 4 is 5.82 Å². The van der Waals surface area contributed by atoms with Gasteiger partial charge in [0.25, 0.3) is 0 Å². The molecule has 1 saturated heterocycles. The molecule has 0 saturated carbocycles. The molecule has 7 heteroatoms. The van der Waals surface area contributed by atoms with E-state index in [1.54, 1.807) is 26.4 Å². The van der Waals surface area contributed by atoms with Gasteiger partial charge in [-0.25, -0.2) is 4.98 Å². The Hall–Kier alpha value is -3.66. The minimum atomic E-state index is 0.197. The number of aryl methyl sites for hydroxylation is 1. The van der Waals surface area contributed by atoms with Gasteiger partial charge in [-0.1, -0.05) is 12.1 Å². The van der Waals surface area contributed by atoms with Crippen molar-refractivity contribution in [2.45, 2.75) is 18.9 Å². The number of methoxy groups -OCH3 is 2. The third-order valence-electron chi connectivity index (χ3n) is 5.44. The molecule has 1 aliphatic heterocycles. The number of hydrogen-bond donors (Lipinski definition) is 0. The first-order valence-electron chi connectivity index (χ1n) is 9.82. The standard InChI is InChI=1S/C23H24N4O3/c1-26-15-25-14-22(26)27-11-5-6-18(27)16-9-10-17(13-24)21(12-16)30-20-8-4-7-19(28-2)23(20)29-3/h4,7-10,12,14-15,18H,5-6,11H2,1-3H3/t18-/m1/s1. The molecule has 1 aromatic heterocycles. The zero-order valence-corrected chi connectivity index (χ0v) is 17.3. The largest absolute Gasteiger partial charge is 0.493 e. The van der Waals surface area contributed by atoms with Crippen LogP contribution in [-0.4, -0.2) is 30.3 Å². The van der Waals surface area contributed by atoms with Gasteiger partial charge in [0.05, 0.1) is 38.3 Å². The van der Waals surface area contributed by atoms with Gasteiger partial charge in [0.15, 0.2) is 11.5 Å². The number of para-hydroxylation sites is 1. The number of hydrogen-bond acceptors (Lipinski definition) is 6. The number of ether oxygens (including phenoxy) is 3. The summed E-state index contributed by atoms with van der Waals surface area (Å²) in [5, 5.41) is 9.61. The lowest BCUT2D eigenvalue weighted by atomic mass is 10.0. The van der Waals surface area contributed by atoms with Crippen molar-refractivity contribution in [3.05, 3.63) is 60.0 Å². The molecule has 0 unspecified atom stereocenters. The minimum Gasteiger partial charge on any atom is -0.493 e. The second kappa shape index (κ2) is 8.37. The molecule has 7 nitrogen and oxygen atoms in total. The Morgan fingerprint density at radius 2 is 1.93 bits per heavy atom. The van der Waals surface area contributed by atoms with Crippen molar-refractivity contribution in [1.82, 2.24) is 9.55 Å². The normalized spacial score (nSPS) is 15.7. The van der Waals surface area contributed by atoms with Crippen LogP contribution in [0, 0.1) is 11.3 Å². The van der Waals surface area contributed by atoms with E-state index in [1.165, 1.54) is 0 Å². The molecule has 2 aromatic carbocycles. The summed E-state index contributed by atoms with van der Waals surface area (Å²) in [7, 11) is 5.15. The molecule has 0 radical (unpaired) electrons. The Labute approximate surface area is 176 Å². The molecule has 3 aromatic rings. The van der Waals surface area contributed by atoms with Crippen molar-refractivity contribution < 1.29 is 14.2 Å². The van der Waals surface area contributed by atoms with Gasteiger partial charge in [-0.2, -0.15) is 5.26 Å². The predicted molar refractivity (Wildman–Crippen MR) is 113 cm³/mol. The topological polar surface area (TPSA) is 72.5 Å². The summed E-state index contributed by atoms with van der Waals surface area (Å²) >= 11 is 0. The molecule has 0 aliphatic carbocycles. The highest BCUT2D eigenvalue weighted by molar-refractivity contribution is 5.56. The molecule has 2 heterocycles. The van der Waals surface area contributed by atoms with E-state index in [4.69, 9.17) is 14.2 Å². The number of benzene rings is 2. The lowest BCUT2D eigenvalue weighted by Gasteiger charge is -2.27. The lowest BCUT2D eigenvalue weighted by Crippen LogP contribution is -2.24. The lowest BCUT2D eigenvalue weighted by molar-refractivity contribution is 0.336. The average molecular weight is 404 g/mol. The van der Waals surface area contributed by atoms with Crippen LogP contribution in [0.3, 0.4) is 0 Å². The van der Waals surface area contributed by atoms with Crippen LogP contribution in [0.2, 0.25) is 0 Å². The second-order valence-electron chi connectivity index (χ2n) is 7.18. The van der Waals surface area contributed by atoms with E-state index < -0.39 is 0 Å². The van der Waals surface area contributed by atoms with E-state index in [0.717, 1.165) is 30.8 Å². The van der Waals surface area contributed by atoms with Gasteiger partial charge in [0.2, 0.25) is 5.75 Å². The van der Waals surface area contributed by atoms with Crippen LogP contribution in [0.5, 0.6) is 23.0 Å². The van der Waals surface area contributed by atoms with E-state index in [2.05, 4.69) is 16.0 Å². The van der Waals surface area contributed by atoms with Crippen LogP contribution < -0.4 is 19.1 Å². The highest BCUT2D eigenvalue weighted by Gasteiger charge is 2.28. The molecule has 154 valence electrons. The van der Waals surface area contributed by atoms with Gasteiger partial charge in [0, 0.05) is 13.6 Å². The molecule has 0 amide bonds. The Balaban J connectivity index is 1.70. The summed E-state index contributed by atoms with van der Waals surface area (Å²) in [6.45, 7) is 0.962. The Bertz CT molecular complexity index is 1090. The minimum absolute atomic E-state index is 0.197. The first-order chi connectivity index (χ1) is 14.7. The Kier molecular flexibility index (Phi) is 5.48. The number of nitriles is 1. The van der Waals surface area contributed by atoms with Gasteiger partial charge in [-0.3, -0.25) is 0 Å². The maximum absolute atomic E-state index is 9.61. The van der Waals surface area contributed by atoms with Crippen LogP contribution in [0.4, 0.5) is 5.82 Å². The van der Waals surface area contributed by atoms with Gasteiger partial charge < -0.3 is 23.7 Å². The molecule has 0 bridgehead atoms. The van der Waals surface area contributed by atoms with Crippen LogP contribution in [0.1, 0.15) is 30.0 Å². The number of anilines is 1. The zero-order chi connectivity index (χ0) is 21.1. The van der Waals surface area contributed by atoms with Crippen molar-refractivity contribution in [3.63, 3.8) is 0 Å². The second-order valence-corrected chi connectivity index (χ2v) is 7.18. The summed E-state index contributed by atoms with van der Waals surface area (Å²) in [5.41, 5.74) is 1.57. The summed E-state index contributed by atoms with van der Waals surface area (Å²) in [5.74, 6) is 3.15. The van der Waals surface area contributed by atoms with E-state index in [-0.39, 0.29) is 6.04 Å². The number of rotatable bonds is 6. The smallest absolute Gasteiger partial charge is 0.203 e. The van der Waals surface area contributed by atoms with Crippen molar-refractivity contribution in [1.29, 1.82) is 5.26 Å². The average Bonchev–Trinajstić information content (AvgIpc) is 3.42. The molecule has 30 heavy (non-hydrogen) atoms. The molecule has 1 fully saturated rings. The molecule has 0 spiro atoms. The van der Waals surface area contributed by atoms with Gasteiger partial charge in [-0.15, -0.1) is 0 Å². The first-order valence-corrected chi connectivity index (χ1v) is 9.82. The van der Waals surface area contributed by atoms with Gasteiger partial charge in [0.1, 0.15) is 17.6 Å². The maximum atomic E-state index is 9.61. The first kappa shape index (κ1) is 19.6. The number of imidazole rings is 1. The third-order valence-corrected chi connectivity index (χ3v) is 5.44. The Morgan fingerprint density at radius 1 is 1.10 bits per heavy atom. The van der Waals surface area contributed by atoms with E-state index in [1.807, 2.05) is 48.4 Å². The van der Waals surface area contributed by atoms with Gasteiger partial charge >= 0.3 is 0 Å². The highest BCUT2D eigenvalue weighted by Crippen LogP contribution is 2.42. The highest BCUT2D eigenvalue weighted by atomic mass is 16.5. The van der Waals surface area contributed by atoms with E-state index in [9.17, 15) is 5.26 Å². The van der Waals surface area contributed by atoms with Crippen molar-refractivity contribution in [3.8, 4) is 29.1 Å². The SMILES string of the molecule is COc1cccc(Oc2cc([C@H]3CCCN3c3cncn3C)ccc2C#N)c1OC. The molecule has 4 rings (SSSR count). The predicted octanol–water partition coefficient (Wildman–Crippen LogP) is 4.44. The summed E-state index contributed by atoms with van der Waals surface area (Å²) in [4.78, 5) is 6.61. The van der Waals surface area contributed by atoms with Crippen molar-refractivity contribution in [2.75, 3.05) is 25.7 Å². The monoisotopic (exact) mass is 404 g/mol. The summed E-state index contributed by atoms with van der Waals surface area (Å²) in [6.07, 6.45) is 5.82. The number of nitrogens with zero attached hydrogens (tertiary/aromatic N) is 4. The number of aromatic nitrogens is 2. The molecular formula is C23H24N4O3. The molecule has 1 atom stereocenters. The fourth-order valence-electron chi connectivity index (χ4n) is 3.99. The Morgan fingerprint density at radius 3 is 2.63 bits per heavy atom. The molecular weight excluding hydrogens is 380 g/mol. The fraction of sp³-hybridized carbons (Fsp3) is 0.304. The maximum Gasteiger partial charge on any atom is 0.203 e. The molecule has 1 aliphatic rings. The van der Waals surface area contributed by atoms with Crippen molar-refractivity contribution in [2.24, 2.45) is 7.05 Å². The van der Waals surface area contributed by atoms with E-state index in [0.29, 0.717) is 28.6 Å². The van der Waals surface area contributed by atoms with Crippen LogP contribution in [-0.2, 0) is 7.05 Å². The quantitative estimate of drug-likeness (QED) is 0.605. The fourth-order valence-corrected chi connectivity index (χ4v) is 3.99. The van der Waals surface area contributed by atoms with Crippen LogP contribution in [0.25, 0.3) is 0 Å². The summed E-state index contributed by atoms with van der Waals surface area (Å²) < 4.78 is 19.0. The van der Waals surface area contributed by atoms with Crippen LogP contribution in [0.15, 0.2) is 48.9 Å². The summed E-state index contributed by atoms with van der Waals surface area (Å²) in [6, 6.07) is 13.6. The molecule has 0 N–H and O–H groups in total.